The molecule has 1 heterocycles. The Morgan fingerprint density at radius 3 is 2.17 bits per heavy atom. The van der Waals surface area contributed by atoms with Gasteiger partial charge in [0.2, 0.25) is 0 Å². The van der Waals surface area contributed by atoms with E-state index in [1.165, 1.54) is 11.3 Å². The van der Waals surface area contributed by atoms with E-state index in [2.05, 4.69) is 5.32 Å². The summed E-state index contributed by atoms with van der Waals surface area (Å²) in [4.78, 5) is 28.1. The van der Waals surface area contributed by atoms with Gasteiger partial charge in [0.25, 0.3) is 11.8 Å². The molecule has 0 radical (unpaired) electrons. The lowest BCUT2D eigenvalue weighted by Crippen LogP contribution is -2.30. The molecule has 0 atom stereocenters. The largest absolute Gasteiger partial charge is 0.339 e. The molecule has 0 aliphatic carbocycles. The second kappa shape index (κ2) is 7.42. The second-order valence-electron chi connectivity index (χ2n) is 5.36. The predicted octanol–water partition coefficient (Wildman–Crippen LogP) is 4.10. The topological polar surface area (TPSA) is 49.4 Å². The predicted molar refractivity (Wildman–Crippen MR) is 95.4 cm³/mol. The Morgan fingerprint density at radius 1 is 1.09 bits per heavy atom. The van der Waals surface area contributed by atoms with Crippen molar-refractivity contribution in [3.63, 3.8) is 0 Å². The van der Waals surface area contributed by atoms with Gasteiger partial charge in [0.1, 0.15) is 0 Å². The van der Waals surface area contributed by atoms with Crippen LogP contribution in [-0.2, 0) is 0 Å². The highest BCUT2D eigenvalue weighted by atomic mass is 32.1. The summed E-state index contributed by atoms with van der Waals surface area (Å²) in [6.45, 7) is 9.29. The van der Waals surface area contributed by atoms with Gasteiger partial charge in [0, 0.05) is 29.2 Å². The van der Waals surface area contributed by atoms with E-state index < -0.39 is 0 Å². The lowest BCUT2D eigenvalue weighted by molar-refractivity contribution is 0.0773. The summed E-state index contributed by atoms with van der Waals surface area (Å²) in [5.41, 5.74) is 2.45. The van der Waals surface area contributed by atoms with Gasteiger partial charge in [0.05, 0.1) is 4.88 Å². The van der Waals surface area contributed by atoms with Gasteiger partial charge in [-0.2, -0.15) is 0 Å². The fourth-order valence-corrected chi connectivity index (χ4v) is 3.20. The third kappa shape index (κ3) is 3.99. The van der Waals surface area contributed by atoms with Gasteiger partial charge < -0.3 is 10.2 Å². The molecule has 4 nitrogen and oxygen atoms in total. The first-order chi connectivity index (χ1) is 11.0. The molecule has 0 saturated heterocycles. The summed E-state index contributed by atoms with van der Waals surface area (Å²) in [7, 11) is 0. The number of hydrogen-bond acceptors (Lipinski definition) is 3. The molecule has 2 rings (SSSR count). The fraction of sp³-hybridized carbons (Fsp3) is 0.333. The molecule has 1 N–H and O–H groups in total. The van der Waals surface area contributed by atoms with Crippen LogP contribution in [0.4, 0.5) is 5.69 Å². The molecule has 0 saturated carbocycles. The third-order valence-corrected chi connectivity index (χ3v) is 4.98. The van der Waals surface area contributed by atoms with E-state index in [9.17, 15) is 9.59 Å². The number of carbonyl (C=O) groups is 2. The highest BCUT2D eigenvalue weighted by molar-refractivity contribution is 7.14. The second-order valence-corrected chi connectivity index (χ2v) is 6.62. The van der Waals surface area contributed by atoms with Crippen LogP contribution in [0.3, 0.4) is 0 Å². The van der Waals surface area contributed by atoms with Crippen LogP contribution in [0.5, 0.6) is 0 Å². The standard InChI is InChI=1S/C18H22N2O2S/c1-5-20(6-2)18(22)14-7-9-15(10-8-14)19-17(21)16-11-12(3)13(4)23-16/h7-11H,5-6H2,1-4H3,(H,19,21). The molecule has 23 heavy (non-hydrogen) atoms. The Kier molecular flexibility index (Phi) is 5.55. The first-order valence-corrected chi connectivity index (χ1v) is 8.55. The van der Waals surface area contributed by atoms with Crippen LogP contribution in [0, 0.1) is 13.8 Å². The molecule has 0 unspecified atom stereocenters. The van der Waals surface area contributed by atoms with Crippen LogP contribution >= 0.6 is 11.3 Å². The first-order valence-electron chi connectivity index (χ1n) is 7.74. The van der Waals surface area contributed by atoms with Crippen LogP contribution in [-0.4, -0.2) is 29.8 Å². The Morgan fingerprint density at radius 2 is 1.70 bits per heavy atom. The molecule has 0 fully saturated rings. The van der Waals surface area contributed by atoms with Crippen LogP contribution in [0.15, 0.2) is 30.3 Å². The minimum atomic E-state index is -0.117. The average molecular weight is 330 g/mol. The fourth-order valence-electron chi connectivity index (χ4n) is 2.27. The number of benzene rings is 1. The summed E-state index contributed by atoms with van der Waals surface area (Å²) in [6, 6.07) is 8.93. The van der Waals surface area contributed by atoms with E-state index in [4.69, 9.17) is 0 Å². The van der Waals surface area contributed by atoms with Gasteiger partial charge in [-0.25, -0.2) is 0 Å². The molecule has 122 valence electrons. The highest BCUT2D eigenvalue weighted by Crippen LogP contribution is 2.22. The normalized spacial score (nSPS) is 10.4. The first kappa shape index (κ1) is 17.2. The maximum Gasteiger partial charge on any atom is 0.265 e. The minimum absolute atomic E-state index is 0.0115. The zero-order chi connectivity index (χ0) is 17.0. The van der Waals surface area contributed by atoms with Gasteiger partial charge in [-0.3, -0.25) is 9.59 Å². The van der Waals surface area contributed by atoms with Gasteiger partial charge in [-0.15, -0.1) is 11.3 Å². The van der Waals surface area contributed by atoms with Gasteiger partial charge in [-0.1, -0.05) is 0 Å². The number of rotatable bonds is 5. The third-order valence-electron chi connectivity index (χ3n) is 3.83. The Hall–Kier alpha value is -2.14. The van der Waals surface area contributed by atoms with Gasteiger partial charge >= 0.3 is 0 Å². The number of thiophene rings is 1. The Labute approximate surface area is 141 Å². The molecule has 5 heteroatoms. The van der Waals surface area contributed by atoms with Crippen LogP contribution in [0.2, 0.25) is 0 Å². The molecule has 1 aromatic heterocycles. The van der Waals surface area contributed by atoms with Crippen molar-refractivity contribution < 1.29 is 9.59 Å². The van der Waals surface area contributed by atoms with Crippen molar-refractivity contribution >= 4 is 28.8 Å². The van der Waals surface area contributed by atoms with Crippen molar-refractivity contribution in [3.05, 3.63) is 51.2 Å². The van der Waals surface area contributed by atoms with Crippen molar-refractivity contribution in [1.29, 1.82) is 0 Å². The van der Waals surface area contributed by atoms with E-state index in [-0.39, 0.29) is 11.8 Å². The molecule has 2 amide bonds. The van der Waals surface area contributed by atoms with Gasteiger partial charge in [0.15, 0.2) is 0 Å². The molecule has 2 aromatic rings. The summed E-state index contributed by atoms with van der Waals surface area (Å²) in [5.74, 6) is -0.105. The quantitative estimate of drug-likeness (QED) is 0.897. The number of aryl methyl sites for hydroxylation is 2. The van der Waals surface area contributed by atoms with Crippen LogP contribution < -0.4 is 5.32 Å². The number of carbonyl (C=O) groups excluding carboxylic acids is 2. The molecular formula is C18H22N2O2S. The Bertz CT molecular complexity index is 681. The van der Waals surface area contributed by atoms with Crippen LogP contribution in [0.1, 0.15) is 44.3 Å². The molecule has 0 bridgehead atoms. The van der Waals surface area contributed by atoms with Crippen molar-refractivity contribution in [2.45, 2.75) is 27.7 Å². The molecule has 0 aliphatic heterocycles. The van der Waals surface area contributed by atoms with E-state index in [0.29, 0.717) is 29.2 Å². The zero-order valence-corrected chi connectivity index (χ0v) is 14.8. The van der Waals surface area contributed by atoms with Crippen molar-refractivity contribution in [3.8, 4) is 0 Å². The SMILES string of the molecule is CCN(CC)C(=O)c1ccc(NC(=O)c2cc(C)c(C)s2)cc1. The maximum absolute atomic E-state index is 12.2. The lowest BCUT2D eigenvalue weighted by atomic mass is 10.1. The van der Waals surface area contributed by atoms with Crippen molar-refractivity contribution in [2.75, 3.05) is 18.4 Å². The average Bonchev–Trinajstić information content (AvgIpc) is 2.88. The summed E-state index contributed by atoms with van der Waals surface area (Å²) in [6.07, 6.45) is 0. The summed E-state index contributed by atoms with van der Waals surface area (Å²) >= 11 is 1.49. The van der Waals surface area contributed by atoms with E-state index in [1.807, 2.05) is 33.8 Å². The summed E-state index contributed by atoms with van der Waals surface area (Å²) < 4.78 is 0. The van der Waals surface area contributed by atoms with Gasteiger partial charge in [-0.05, 0) is 63.6 Å². The summed E-state index contributed by atoms with van der Waals surface area (Å²) in [5, 5.41) is 2.87. The van der Waals surface area contributed by atoms with E-state index in [1.54, 1.807) is 29.2 Å². The highest BCUT2D eigenvalue weighted by Gasteiger charge is 2.13. The molecule has 1 aromatic carbocycles. The molecule has 0 aliphatic rings. The zero-order valence-electron chi connectivity index (χ0n) is 14.0. The Balaban J connectivity index is 2.08. The van der Waals surface area contributed by atoms with E-state index >= 15 is 0 Å². The maximum atomic E-state index is 12.2. The van der Waals surface area contributed by atoms with Crippen molar-refractivity contribution in [1.82, 2.24) is 4.90 Å². The number of nitrogens with zero attached hydrogens (tertiary/aromatic N) is 1. The van der Waals surface area contributed by atoms with Crippen molar-refractivity contribution in [2.24, 2.45) is 0 Å². The lowest BCUT2D eigenvalue weighted by Gasteiger charge is -2.18. The molecular weight excluding hydrogens is 308 g/mol. The number of anilines is 1. The smallest absolute Gasteiger partial charge is 0.265 e. The monoisotopic (exact) mass is 330 g/mol. The number of hydrogen-bond donors (Lipinski definition) is 1. The molecule has 0 spiro atoms. The van der Waals surface area contributed by atoms with E-state index in [0.717, 1.165) is 10.4 Å². The number of nitrogens with one attached hydrogen (secondary N) is 1. The van der Waals surface area contributed by atoms with Crippen LogP contribution in [0.25, 0.3) is 0 Å². The minimum Gasteiger partial charge on any atom is -0.339 e. The number of amides is 2.